The number of halogens is 1. The molecule has 0 amide bonds. The van der Waals surface area contributed by atoms with Crippen LogP contribution in [0.2, 0.25) is 0 Å². The highest BCUT2D eigenvalue weighted by molar-refractivity contribution is 5.50. The third-order valence-electron chi connectivity index (χ3n) is 3.17. The van der Waals surface area contributed by atoms with E-state index in [1.54, 1.807) is 19.2 Å². The SMILES string of the molecule is CNCc1cc(F)cc(N2CCC(OC)C2)c1. The first-order valence-electron chi connectivity index (χ1n) is 5.94. The van der Waals surface area contributed by atoms with Crippen LogP contribution in [-0.4, -0.2) is 33.4 Å². The number of nitrogens with one attached hydrogen (secondary N) is 1. The summed E-state index contributed by atoms with van der Waals surface area (Å²) in [7, 11) is 3.59. The van der Waals surface area contributed by atoms with Crippen LogP contribution in [0.3, 0.4) is 0 Å². The van der Waals surface area contributed by atoms with Crippen molar-refractivity contribution in [1.29, 1.82) is 0 Å². The molecule has 1 N–H and O–H groups in total. The maximum Gasteiger partial charge on any atom is 0.125 e. The summed E-state index contributed by atoms with van der Waals surface area (Å²) >= 11 is 0. The number of nitrogens with zero attached hydrogens (tertiary/aromatic N) is 1. The average Bonchev–Trinajstić information content (AvgIpc) is 2.77. The quantitative estimate of drug-likeness (QED) is 0.865. The van der Waals surface area contributed by atoms with E-state index in [9.17, 15) is 4.39 Å². The summed E-state index contributed by atoms with van der Waals surface area (Å²) < 4.78 is 18.8. The van der Waals surface area contributed by atoms with Gasteiger partial charge in [-0.05, 0) is 37.2 Å². The number of ether oxygens (including phenoxy) is 1. The predicted octanol–water partition coefficient (Wildman–Crippen LogP) is 1.77. The first kappa shape index (κ1) is 12.3. The summed E-state index contributed by atoms with van der Waals surface area (Å²) in [4.78, 5) is 2.18. The van der Waals surface area contributed by atoms with Crippen molar-refractivity contribution in [2.75, 3.05) is 32.1 Å². The van der Waals surface area contributed by atoms with Gasteiger partial charge in [-0.15, -0.1) is 0 Å². The molecule has 0 radical (unpaired) electrons. The molecule has 2 rings (SSSR count). The third kappa shape index (κ3) is 2.96. The number of benzene rings is 1. The fraction of sp³-hybridized carbons (Fsp3) is 0.538. The van der Waals surface area contributed by atoms with Crippen molar-refractivity contribution in [3.05, 3.63) is 29.6 Å². The first-order valence-corrected chi connectivity index (χ1v) is 5.94. The standard InChI is InChI=1S/C13H19FN2O/c1-15-8-10-5-11(14)7-12(6-10)16-4-3-13(9-16)17-2/h5-7,13,15H,3-4,8-9H2,1-2H3. The molecule has 0 bridgehead atoms. The van der Waals surface area contributed by atoms with Crippen molar-refractivity contribution < 1.29 is 9.13 Å². The van der Waals surface area contributed by atoms with Crippen LogP contribution in [0.15, 0.2) is 18.2 Å². The Morgan fingerprint density at radius 2 is 2.29 bits per heavy atom. The van der Waals surface area contributed by atoms with Crippen LogP contribution in [0, 0.1) is 5.82 Å². The topological polar surface area (TPSA) is 24.5 Å². The Morgan fingerprint density at radius 1 is 1.47 bits per heavy atom. The molecule has 0 saturated carbocycles. The number of hydrogen-bond acceptors (Lipinski definition) is 3. The predicted molar refractivity (Wildman–Crippen MR) is 66.8 cm³/mol. The molecule has 0 aromatic heterocycles. The van der Waals surface area contributed by atoms with Gasteiger partial charge in [-0.25, -0.2) is 4.39 Å². The number of anilines is 1. The Hall–Kier alpha value is -1.13. The Kier molecular flexibility index (Phi) is 3.97. The molecule has 1 saturated heterocycles. The zero-order valence-corrected chi connectivity index (χ0v) is 10.4. The maximum atomic E-state index is 13.5. The Morgan fingerprint density at radius 3 is 2.94 bits per heavy atom. The molecule has 0 aliphatic carbocycles. The molecule has 1 fully saturated rings. The Balaban J connectivity index is 2.15. The highest BCUT2D eigenvalue weighted by Crippen LogP contribution is 2.24. The highest BCUT2D eigenvalue weighted by Gasteiger charge is 2.22. The molecule has 1 aliphatic rings. The summed E-state index contributed by atoms with van der Waals surface area (Å²) in [6.07, 6.45) is 1.28. The van der Waals surface area contributed by atoms with Crippen LogP contribution in [0.1, 0.15) is 12.0 Å². The maximum absolute atomic E-state index is 13.5. The molecular formula is C13H19FN2O. The van der Waals surface area contributed by atoms with Crippen molar-refractivity contribution in [2.45, 2.75) is 19.1 Å². The van der Waals surface area contributed by atoms with E-state index in [1.807, 2.05) is 13.1 Å². The lowest BCUT2D eigenvalue weighted by Crippen LogP contribution is -2.22. The largest absolute Gasteiger partial charge is 0.380 e. The van der Waals surface area contributed by atoms with E-state index in [4.69, 9.17) is 4.74 Å². The van der Waals surface area contributed by atoms with Gasteiger partial charge in [-0.1, -0.05) is 0 Å². The lowest BCUT2D eigenvalue weighted by molar-refractivity contribution is 0.121. The van der Waals surface area contributed by atoms with Gasteiger partial charge in [-0.2, -0.15) is 0 Å². The molecule has 94 valence electrons. The fourth-order valence-electron chi connectivity index (χ4n) is 2.28. The van der Waals surface area contributed by atoms with Gasteiger partial charge in [0, 0.05) is 32.4 Å². The van der Waals surface area contributed by atoms with Crippen LogP contribution < -0.4 is 10.2 Å². The van der Waals surface area contributed by atoms with E-state index in [0.29, 0.717) is 6.54 Å². The molecular weight excluding hydrogens is 219 g/mol. The molecule has 1 aliphatic heterocycles. The summed E-state index contributed by atoms with van der Waals surface area (Å²) in [5.41, 5.74) is 1.93. The van der Waals surface area contributed by atoms with Gasteiger partial charge in [-0.3, -0.25) is 0 Å². The fourth-order valence-corrected chi connectivity index (χ4v) is 2.28. The van der Waals surface area contributed by atoms with Crippen LogP contribution in [0.25, 0.3) is 0 Å². The molecule has 1 heterocycles. The van der Waals surface area contributed by atoms with Crippen molar-refractivity contribution in [2.24, 2.45) is 0 Å². The molecule has 4 heteroatoms. The van der Waals surface area contributed by atoms with Crippen LogP contribution in [0.4, 0.5) is 10.1 Å². The van der Waals surface area contributed by atoms with Gasteiger partial charge in [0.15, 0.2) is 0 Å². The van der Waals surface area contributed by atoms with Crippen molar-refractivity contribution in [3.8, 4) is 0 Å². The zero-order chi connectivity index (χ0) is 12.3. The average molecular weight is 238 g/mol. The summed E-state index contributed by atoms with van der Waals surface area (Å²) in [6.45, 7) is 2.46. The van der Waals surface area contributed by atoms with E-state index in [0.717, 1.165) is 30.8 Å². The van der Waals surface area contributed by atoms with E-state index >= 15 is 0 Å². The normalized spacial score (nSPS) is 19.9. The molecule has 1 unspecified atom stereocenters. The second-order valence-corrected chi connectivity index (χ2v) is 4.44. The van der Waals surface area contributed by atoms with Gasteiger partial charge in [0.25, 0.3) is 0 Å². The molecule has 3 nitrogen and oxygen atoms in total. The van der Waals surface area contributed by atoms with E-state index in [1.165, 1.54) is 0 Å². The minimum atomic E-state index is -0.173. The molecule has 0 spiro atoms. The van der Waals surface area contributed by atoms with Gasteiger partial charge in [0.05, 0.1) is 6.10 Å². The number of methoxy groups -OCH3 is 1. The van der Waals surface area contributed by atoms with E-state index < -0.39 is 0 Å². The second-order valence-electron chi connectivity index (χ2n) is 4.44. The lowest BCUT2D eigenvalue weighted by atomic mass is 10.2. The van der Waals surface area contributed by atoms with Crippen molar-refractivity contribution >= 4 is 5.69 Å². The van der Waals surface area contributed by atoms with Gasteiger partial charge in [0.1, 0.15) is 5.82 Å². The van der Waals surface area contributed by atoms with Gasteiger partial charge < -0.3 is 15.0 Å². The summed E-state index contributed by atoms with van der Waals surface area (Å²) in [5, 5.41) is 3.04. The van der Waals surface area contributed by atoms with E-state index in [2.05, 4.69) is 10.2 Å². The van der Waals surface area contributed by atoms with Gasteiger partial charge in [0.2, 0.25) is 0 Å². The second kappa shape index (κ2) is 5.47. The minimum absolute atomic E-state index is 0.173. The third-order valence-corrected chi connectivity index (χ3v) is 3.17. The molecule has 1 aromatic carbocycles. The number of hydrogen-bond donors (Lipinski definition) is 1. The number of rotatable bonds is 4. The van der Waals surface area contributed by atoms with Gasteiger partial charge >= 0.3 is 0 Å². The summed E-state index contributed by atoms with van der Waals surface area (Å²) in [5.74, 6) is -0.173. The van der Waals surface area contributed by atoms with Crippen molar-refractivity contribution in [1.82, 2.24) is 5.32 Å². The zero-order valence-electron chi connectivity index (χ0n) is 10.4. The Bertz CT molecular complexity index is 384. The first-order chi connectivity index (χ1) is 8.22. The van der Waals surface area contributed by atoms with E-state index in [-0.39, 0.29) is 11.9 Å². The minimum Gasteiger partial charge on any atom is -0.380 e. The highest BCUT2D eigenvalue weighted by atomic mass is 19.1. The van der Waals surface area contributed by atoms with Crippen LogP contribution >= 0.6 is 0 Å². The van der Waals surface area contributed by atoms with Crippen LogP contribution in [-0.2, 0) is 11.3 Å². The molecule has 17 heavy (non-hydrogen) atoms. The Labute approximate surface area is 102 Å². The summed E-state index contributed by atoms with van der Waals surface area (Å²) in [6, 6.07) is 5.21. The lowest BCUT2D eigenvalue weighted by Gasteiger charge is -2.19. The smallest absolute Gasteiger partial charge is 0.125 e. The van der Waals surface area contributed by atoms with Crippen LogP contribution in [0.5, 0.6) is 0 Å². The molecule has 1 aromatic rings. The van der Waals surface area contributed by atoms with Crippen molar-refractivity contribution in [3.63, 3.8) is 0 Å². The molecule has 1 atom stereocenters. The monoisotopic (exact) mass is 238 g/mol.